The van der Waals surface area contributed by atoms with Crippen molar-refractivity contribution in [2.45, 2.75) is 32.2 Å². The van der Waals surface area contributed by atoms with Crippen LogP contribution in [0.4, 0.5) is 5.95 Å². The van der Waals surface area contributed by atoms with E-state index in [0.29, 0.717) is 19.0 Å². The van der Waals surface area contributed by atoms with Crippen molar-refractivity contribution in [2.75, 3.05) is 32.1 Å². The number of nitrogens with zero attached hydrogens (tertiary/aromatic N) is 5. The fraction of sp³-hybridized carbons (Fsp3) is 0.391. The summed E-state index contributed by atoms with van der Waals surface area (Å²) in [6.45, 7) is 3.33. The van der Waals surface area contributed by atoms with Crippen LogP contribution in [0.25, 0.3) is 11.3 Å². The van der Waals surface area contributed by atoms with Crippen LogP contribution in [0.1, 0.15) is 37.1 Å². The van der Waals surface area contributed by atoms with Crippen LogP contribution in [0.15, 0.2) is 42.7 Å². The molecule has 1 aliphatic heterocycles. The molecule has 4 rings (SSSR count). The fourth-order valence-electron chi connectivity index (χ4n) is 3.98. The smallest absolute Gasteiger partial charge is 0.227 e. The van der Waals surface area contributed by atoms with Gasteiger partial charge in [0.25, 0.3) is 0 Å². The van der Waals surface area contributed by atoms with Crippen LogP contribution >= 0.6 is 0 Å². The first-order valence-electron chi connectivity index (χ1n) is 10.6. The zero-order valence-corrected chi connectivity index (χ0v) is 18.2. The lowest BCUT2D eigenvalue weighted by molar-refractivity contribution is -0.131. The molecule has 8 heteroatoms. The number of ether oxygens (including phenoxy) is 1. The zero-order valence-electron chi connectivity index (χ0n) is 18.2. The van der Waals surface area contributed by atoms with Gasteiger partial charge in [-0.15, -0.1) is 0 Å². The monoisotopic (exact) mass is 420 g/mol. The minimum Gasteiger partial charge on any atom is -0.494 e. The molecule has 162 valence electrons. The molecule has 2 aromatic heterocycles. The van der Waals surface area contributed by atoms with E-state index in [1.165, 1.54) is 0 Å². The van der Waals surface area contributed by atoms with E-state index in [9.17, 15) is 4.79 Å². The predicted octanol–water partition coefficient (Wildman–Crippen LogP) is 3.24. The van der Waals surface area contributed by atoms with E-state index in [1.54, 1.807) is 12.4 Å². The van der Waals surface area contributed by atoms with Gasteiger partial charge in [0.1, 0.15) is 5.75 Å². The van der Waals surface area contributed by atoms with Crippen molar-refractivity contribution in [2.24, 2.45) is 0 Å². The topological polar surface area (TPSA) is 87.2 Å². The third-order valence-electron chi connectivity index (χ3n) is 5.48. The summed E-state index contributed by atoms with van der Waals surface area (Å²) in [4.78, 5) is 25.9. The molecule has 1 saturated heterocycles. The summed E-state index contributed by atoms with van der Waals surface area (Å²) in [5.74, 6) is 1.57. The Morgan fingerprint density at radius 2 is 2.06 bits per heavy atom. The summed E-state index contributed by atoms with van der Waals surface area (Å²) < 4.78 is 5.49. The van der Waals surface area contributed by atoms with Crippen molar-refractivity contribution in [3.63, 3.8) is 0 Å². The minimum absolute atomic E-state index is 0.0366. The molecular weight excluding hydrogens is 392 g/mol. The van der Waals surface area contributed by atoms with E-state index >= 15 is 0 Å². The number of anilines is 1. The van der Waals surface area contributed by atoms with E-state index < -0.39 is 0 Å². The maximum Gasteiger partial charge on any atom is 0.227 e. The number of likely N-dealkylation sites (tertiary alicyclic amines) is 1. The molecule has 1 fully saturated rings. The molecule has 1 atom stereocenters. The second-order valence-electron chi connectivity index (χ2n) is 7.83. The number of amides is 1. The highest BCUT2D eigenvalue weighted by Gasteiger charge is 2.33. The number of hydrogen-bond donors (Lipinski definition) is 1. The first kappa shape index (κ1) is 20.8. The van der Waals surface area contributed by atoms with Gasteiger partial charge in [-0.25, -0.2) is 9.97 Å². The van der Waals surface area contributed by atoms with Gasteiger partial charge in [0, 0.05) is 32.4 Å². The predicted molar refractivity (Wildman–Crippen MR) is 119 cm³/mol. The number of hydrogen-bond acceptors (Lipinski definition) is 6. The highest BCUT2D eigenvalue weighted by Crippen LogP contribution is 2.36. The lowest BCUT2D eigenvalue weighted by atomic mass is 10.0. The number of carbonyl (C=O) groups is 1. The molecule has 0 bridgehead atoms. The highest BCUT2D eigenvalue weighted by atomic mass is 16.5. The summed E-state index contributed by atoms with van der Waals surface area (Å²) in [6, 6.07) is 9.59. The van der Waals surface area contributed by atoms with Crippen molar-refractivity contribution in [3.05, 3.63) is 54.0 Å². The molecule has 1 N–H and O–H groups in total. The van der Waals surface area contributed by atoms with Crippen LogP contribution in [0.5, 0.6) is 5.75 Å². The van der Waals surface area contributed by atoms with E-state index in [2.05, 4.69) is 20.2 Å². The Morgan fingerprint density at radius 3 is 2.81 bits per heavy atom. The van der Waals surface area contributed by atoms with Gasteiger partial charge in [-0.2, -0.15) is 5.10 Å². The Kier molecular flexibility index (Phi) is 6.16. The Bertz CT molecular complexity index is 1030. The maximum absolute atomic E-state index is 13.2. The van der Waals surface area contributed by atoms with Gasteiger partial charge >= 0.3 is 0 Å². The Morgan fingerprint density at radius 1 is 1.26 bits per heavy atom. The fourth-order valence-corrected chi connectivity index (χ4v) is 3.98. The third-order valence-corrected chi connectivity index (χ3v) is 5.48. The van der Waals surface area contributed by atoms with Crippen LogP contribution in [-0.2, 0) is 11.2 Å². The van der Waals surface area contributed by atoms with Gasteiger partial charge in [0.2, 0.25) is 11.9 Å². The van der Waals surface area contributed by atoms with Gasteiger partial charge in [-0.3, -0.25) is 9.89 Å². The van der Waals surface area contributed by atoms with Crippen molar-refractivity contribution in [1.82, 2.24) is 25.1 Å². The van der Waals surface area contributed by atoms with Crippen molar-refractivity contribution in [1.29, 1.82) is 0 Å². The van der Waals surface area contributed by atoms with Crippen molar-refractivity contribution < 1.29 is 9.53 Å². The molecule has 0 spiro atoms. The molecule has 1 aromatic carbocycles. The van der Waals surface area contributed by atoms with E-state index in [-0.39, 0.29) is 11.9 Å². The van der Waals surface area contributed by atoms with E-state index in [0.717, 1.165) is 47.7 Å². The normalized spacial score (nSPS) is 15.8. The van der Waals surface area contributed by atoms with Gasteiger partial charge in [-0.1, -0.05) is 12.1 Å². The molecule has 8 nitrogen and oxygen atoms in total. The molecule has 1 amide bonds. The molecule has 0 unspecified atom stereocenters. The molecule has 1 aliphatic rings. The first-order valence-corrected chi connectivity index (χ1v) is 10.6. The molecule has 31 heavy (non-hydrogen) atoms. The molecule has 3 heterocycles. The summed E-state index contributed by atoms with van der Waals surface area (Å²) in [5.41, 5.74) is 3.63. The Hall–Kier alpha value is -3.42. The first-order chi connectivity index (χ1) is 15.1. The lowest BCUT2D eigenvalue weighted by Crippen LogP contribution is -2.32. The molecule has 0 aliphatic carbocycles. The zero-order chi connectivity index (χ0) is 21.8. The molecular formula is C23H28N6O2. The minimum atomic E-state index is -0.0366. The average molecular weight is 421 g/mol. The Labute approximate surface area is 182 Å². The number of benzene rings is 1. The Balaban J connectivity index is 1.53. The van der Waals surface area contributed by atoms with Crippen LogP contribution in [0.2, 0.25) is 0 Å². The number of rotatable bonds is 7. The van der Waals surface area contributed by atoms with Crippen LogP contribution < -0.4 is 9.64 Å². The van der Waals surface area contributed by atoms with Crippen LogP contribution in [-0.4, -0.2) is 58.2 Å². The number of H-pyrrole nitrogens is 1. The standard InChI is InChI=1S/C23H28N6O2/c1-4-31-17-9-7-16(8-10-17)14-21(30)29-13-5-6-20(29)22-18(15-25-27-22)19-11-12-24-23(26-19)28(2)3/h7-12,15,20H,4-6,13-14H2,1-3H3,(H,25,27)/t20-/m1/s1. The van der Waals surface area contributed by atoms with Crippen molar-refractivity contribution >= 4 is 11.9 Å². The van der Waals surface area contributed by atoms with Crippen LogP contribution in [0.3, 0.4) is 0 Å². The summed E-state index contributed by atoms with van der Waals surface area (Å²) >= 11 is 0. The van der Waals surface area contributed by atoms with Crippen LogP contribution in [0, 0.1) is 0 Å². The third kappa shape index (κ3) is 4.52. The number of nitrogens with one attached hydrogen (secondary N) is 1. The summed E-state index contributed by atoms with van der Waals surface area (Å²) in [5, 5.41) is 7.40. The number of carbonyl (C=O) groups excluding carboxylic acids is 1. The highest BCUT2D eigenvalue weighted by molar-refractivity contribution is 5.80. The second-order valence-corrected chi connectivity index (χ2v) is 7.83. The average Bonchev–Trinajstić information content (AvgIpc) is 3.44. The van der Waals surface area contributed by atoms with Gasteiger partial charge in [0.05, 0.1) is 36.7 Å². The summed E-state index contributed by atoms with van der Waals surface area (Å²) in [7, 11) is 3.82. The summed E-state index contributed by atoms with van der Waals surface area (Å²) in [6.07, 6.45) is 5.76. The second kappa shape index (κ2) is 9.16. The van der Waals surface area contributed by atoms with Gasteiger partial charge < -0.3 is 14.5 Å². The molecule has 0 radical (unpaired) electrons. The quantitative estimate of drug-likeness (QED) is 0.631. The van der Waals surface area contributed by atoms with Gasteiger partial charge in [-0.05, 0) is 43.5 Å². The van der Waals surface area contributed by atoms with E-state index in [4.69, 9.17) is 4.74 Å². The van der Waals surface area contributed by atoms with E-state index in [1.807, 2.05) is 61.2 Å². The van der Waals surface area contributed by atoms with Crippen molar-refractivity contribution in [3.8, 4) is 17.0 Å². The largest absolute Gasteiger partial charge is 0.494 e. The maximum atomic E-state index is 13.2. The number of aromatic amines is 1. The SMILES string of the molecule is CCOc1ccc(CC(=O)N2CCC[C@@H]2c2[nH]ncc2-c2ccnc(N(C)C)n2)cc1. The molecule has 3 aromatic rings. The van der Waals surface area contributed by atoms with Gasteiger partial charge in [0.15, 0.2) is 0 Å². The number of aromatic nitrogens is 4. The molecule has 0 saturated carbocycles. The lowest BCUT2D eigenvalue weighted by Gasteiger charge is -2.25.